The number of nitrogens with zero attached hydrogens (tertiary/aromatic N) is 4. The van der Waals surface area contributed by atoms with E-state index in [4.69, 9.17) is 5.11 Å². The van der Waals surface area contributed by atoms with Gasteiger partial charge in [-0.1, -0.05) is 25.6 Å². The number of aliphatic carboxylic acids is 1. The SMILES string of the molecule is CCCn1c(SCC(=O)O)nnc1N1C(C)CCC1CC. The maximum atomic E-state index is 10.8. The van der Waals surface area contributed by atoms with Gasteiger partial charge in [0.25, 0.3) is 0 Å². The maximum absolute atomic E-state index is 10.8. The van der Waals surface area contributed by atoms with Crippen molar-refractivity contribution in [2.24, 2.45) is 0 Å². The zero-order chi connectivity index (χ0) is 15.4. The standard InChI is InChI=1S/C14H24N4O2S/c1-4-8-17-13(15-16-14(17)21-9-12(19)20)18-10(3)6-7-11(18)5-2/h10-11H,4-9H2,1-3H3,(H,19,20). The first-order valence-corrected chi connectivity index (χ1v) is 8.63. The summed E-state index contributed by atoms with van der Waals surface area (Å²) < 4.78 is 2.08. The molecule has 1 N–H and O–H groups in total. The summed E-state index contributed by atoms with van der Waals surface area (Å²) in [4.78, 5) is 13.1. The van der Waals surface area contributed by atoms with Gasteiger partial charge in [-0.15, -0.1) is 10.2 Å². The second-order valence-corrected chi connectivity index (χ2v) is 6.45. The summed E-state index contributed by atoms with van der Waals surface area (Å²) in [7, 11) is 0. The van der Waals surface area contributed by atoms with E-state index in [-0.39, 0.29) is 5.75 Å². The molecule has 0 spiro atoms. The van der Waals surface area contributed by atoms with E-state index in [0.29, 0.717) is 17.2 Å². The number of hydrogen-bond donors (Lipinski definition) is 1. The fourth-order valence-electron chi connectivity index (χ4n) is 2.96. The lowest BCUT2D eigenvalue weighted by atomic mass is 10.2. The average molecular weight is 312 g/mol. The van der Waals surface area contributed by atoms with Crippen molar-refractivity contribution in [1.29, 1.82) is 0 Å². The second-order valence-electron chi connectivity index (χ2n) is 5.51. The molecule has 0 radical (unpaired) electrons. The monoisotopic (exact) mass is 312 g/mol. The Bertz CT molecular complexity index is 491. The molecule has 21 heavy (non-hydrogen) atoms. The van der Waals surface area contributed by atoms with Crippen LogP contribution in [0.1, 0.15) is 46.5 Å². The fourth-order valence-corrected chi connectivity index (χ4v) is 3.64. The van der Waals surface area contributed by atoms with Crippen LogP contribution in [0.2, 0.25) is 0 Å². The van der Waals surface area contributed by atoms with E-state index >= 15 is 0 Å². The van der Waals surface area contributed by atoms with Crippen molar-refractivity contribution in [3.8, 4) is 0 Å². The van der Waals surface area contributed by atoms with Crippen LogP contribution in [0.15, 0.2) is 5.16 Å². The molecule has 0 bridgehead atoms. The Balaban J connectivity index is 2.27. The minimum Gasteiger partial charge on any atom is -0.481 e. The van der Waals surface area contributed by atoms with Crippen molar-refractivity contribution in [2.75, 3.05) is 10.7 Å². The molecule has 1 fully saturated rings. The second kappa shape index (κ2) is 7.15. The van der Waals surface area contributed by atoms with Crippen molar-refractivity contribution in [1.82, 2.24) is 14.8 Å². The Morgan fingerprint density at radius 3 is 2.76 bits per heavy atom. The molecule has 0 saturated carbocycles. The van der Waals surface area contributed by atoms with Crippen LogP contribution in [0.25, 0.3) is 0 Å². The first-order valence-electron chi connectivity index (χ1n) is 7.64. The summed E-state index contributed by atoms with van der Waals surface area (Å²) in [5.41, 5.74) is 0. The van der Waals surface area contributed by atoms with Gasteiger partial charge in [0.15, 0.2) is 5.16 Å². The molecular weight excluding hydrogens is 288 g/mol. The molecule has 2 rings (SSSR count). The first-order chi connectivity index (χ1) is 10.1. The van der Waals surface area contributed by atoms with Crippen molar-refractivity contribution >= 4 is 23.7 Å². The lowest BCUT2D eigenvalue weighted by Crippen LogP contribution is -2.36. The zero-order valence-electron chi connectivity index (χ0n) is 12.9. The summed E-state index contributed by atoms with van der Waals surface area (Å²) in [5, 5.41) is 18.2. The zero-order valence-corrected chi connectivity index (χ0v) is 13.8. The minimum atomic E-state index is -0.825. The quantitative estimate of drug-likeness (QED) is 0.780. The van der Waals surface area contributed by atoms with Crippen LogP contribution in [0.5, 0.6) is 0 Å². The van der Waals surface area contributed by atoms with Gasteiger partial charge in [-0.2, -0.15) is 0 Å². The lowest BCUT2D eigenvalue weighted by Gasteiger charge is -2.29. The molecule has 2 unspecified atom stereocenters. The molecular formula is C14H24N4O2S. The number of hydrogen-bond acceptors (Lipinski definition) is 5. The van der Waals surface area contributed by atoms with Gasteiger partial charge in [0.05, 0.1) is 5.75 Å². The van der Waals surface area contributed by atoms with Crippen LogP contribution in [0.4, 0.5) is 5.95 Å². The Kier molecular flexibility index (Phi) is 5.50. The fraction of sp³-hybridized carbons (Fsp3) is 0.786. The van der Waals surface area contributed by atoms with Crippen LogP contribution >= 0.6 is 11.8 Å². The molecule has 0 aromatic carbocycles. The van der Waals surface area contributed by atoms with Gasteiger partial charge in [-0.25, -0.2) is 0 Å². The van der Waals surface area contributed by atoms with E-state index in [9.17, 15) is 4.79 Å². The highest BCUT2D eigenvalue weighted by molar-refractivity contribution is 7.99. The van der Waals surface area contributed by atoms with Crippen LogP contribution in [-0.4, -0.2) is 43.7 Å². The summed E-state index contributed by atoms with van der Waals surface area (Å²) in [5.74, 6) is 0.101. The molecule has 0 amide bonds. The number of rotatable bonds is 7. The van der Waals surface area contributed by atoms with Crippen molar-refractivity contribution in [2.45, 2.75) is 70.2 Å². The van der Waals surface area contributed by atoms with Gasteiger partial charge in [-0.3, -0.25) is 9.36 Å². The molecule has 2 atom stereocenters. The smallest absolute Gasteiger partial charge is 0.313 e. The highest BCUT2D eigenvalue weighted by Gasteiger charge is 2.33. The molecule has 0 aliphatic carbocycles. The number of carbonyl (C=O) groups is 1. The van der Waals surface area contributed by atoms with Crippen LogP contribution < -0.4 is 4.90 Å². The lowest BCUT2D eigenvalue weighted by molar-refractivity contribution is -0.133. The normalized spacial score (nSPS) is 22.0. The predicted molar refractivity (Wildman–Crippen MR) is 83.9 cm³/mol. The Morgan fingerprint density at radius 2 is 2.14 bits per heavy atom. The number of thioether (sulfide) groups is 1. The van der Waals surface area contributed by atoms with E-state index in [2.05, 4.69) is 40.4 Å². The number of carboxylic acids is 1. The van der Waals surface area contributed by atoms with Crippen molar-refractivity contribution in [3.63, 3.8) is 0 Å². The van der Waals surface area contributed by atoms with Crippen LogP contribution in [-0.2, 0) is 11.3 Å². The average Bonchev–Trinajstić information content (AvgIpc) is 3.00. The number of anilines is 1. The Labute approximate surface area is 129 Å². The molecule has 7 heteroatoms. The Hall–Kier alpha value is -1.24. The third kappa shape index (κ3) is 3.51. The van der Waals surface area contributed by atoms with E-state index in [0.717, 1.165) is 25.3 Å². The van der Waals surface area contributed by atoms with Gasteiger partial charge in [-0.05, 0) is 32.6 Å². The third-order valence-electron chi connectivity index (χ3n) is 3.96. The largest absolute Gasteiger partial charge is 0.481 e. The highest BCUT2D eigenvalue weighted by Crippen LogP contribution is 2.32. The minimum absolute atomic E-state index is 0.0224. The molecule has 1 aromatic heterocycles. The van der Waals surface area contributed by atoms with E-state index < -0.39 is 5.97 Å². The van der Waals surface area contributed by atoms with Gasteiger partial charge in [0, 0.05) is 18.6 Å². The van der Waals surface area contributed by atoms with Crippen LogP contribution in [0, 0.1) is 0 Å². The number of carboxylic acid groups (broad SMARTS) is 1. The molecule has 1 aliphatic heterocycles. The van der Waals surface area contributed by atoms with Crippen LogP contribution in [0.3, 0.4) is 0 Å². The number of aromatic nitrogens is 3. The summed E-state index contributed by atoms with van der Waals surface area (Å²) in [6.07, 6.45) is 4.44. The Morgan fingerprint density at radius 1 is 1.38 bits per heavy atom. The van der Waals surface area contributed by atoms with Gasteiger partial charge < -0.3 is 10.0 Å². The molecule has 1 aliphatic rings. The maximum Gasteiger partial charge on any atom is 0.313 e. The van der Waals surface area contributed by atoms with Crippen molar-refractivity contribution < 1.29 is 9.90 Å². The van der Waals surface area contributed by atoms with E-state index in [1.54, 1.807) is 0 Å². The molecule has 118 valence electrons. The van der Waals surface area contributed by atoms with Gasteiger partial charge in [0.2, 0.25) is 5.95 Å². The van der Waals surface area contributed by atoms with Gasteiger partial charge >= 0.3 is 5.97 Å². The van der Waals surface area contributed by atoms with Crippen molar-refractivity contribution in [3.05, 3.63) is 0 Å². The molecule has 1 aromatic rings. The first kappa shape index (κ1) is 16.1. The third-order valence-corrected chi connectivity index (χ3v) is 4.91. The topological polar surface area (TPSA) is 71.2 Å². The molecule has 6 nitrogen and oxygen atoms in total. The highest BCUT2D eigenvalue weighted by atomic mass is 32.2. The molecule has 2 heterocycles. The van der Waals surface area contributed by atoms with E-state index in [1.165, 1.54) is 24.6 Å². The summed E-state index contributed by atoms with van der Waals surface area (Å²) >= 11 is 1.25. The predicted octanol–water partition coefficient (Wildman–Crippen LogP) is 2.63. The van der Waals surface area contributed by atoms with Gasteiger partial charge in [0.1, 0.15) is 0 Å². The molecule has 1 saturated heterocycles. The summed E-state index contributed by atoms with van der Waals surface area (Å²) in [6, 6.07) is 0.976. The summed E-state index contributed by atoms with van der Waals surface area (Å²) in [6.45, 7) is 7.37. The van der Waals surface area contributed by atoms with E-state index in [1.807, 2.05) is 0 Å².